The van der Waals surface area contributed by atoms with Gasteiger partial charge in [0.1, 0.15) is 11.9 Å². The summed E-state index contributed by atoms with van der Waals surface area (Å²) >= 11 is 0. The van der Waals surface area contributed by atoms with E-state index in [1.807, 2.05) is 0 Å². The highest BCUT2D eigenvalue weighted by Gasteiger charge is 2.67. The van der Waals surface area contributed by atoms with Gasteiger partial charge in [-0.3, -0.25) is 19.3 Å². The number of imide groups is 1. The van der Waals surface area contributed by atoms with Gasteiger partial charge in [0.25, 0.3) is 0 Å². The maximum absolute atomic E-state index is 13.0. The van der Waals surface area contributed by atoms with Crippen molar-refractivity contribution in [3.8, 4) is 0 Å². The van der Waals surface area contributed by atoms with Crippen LogP contribution in [0.25, 0.3) is 0 Å². The van der Waals surface area contributed by atoms with Gasteiger partial charge in [-0.1, -0.05) is 12.2 Å². The van der Waals surface area contributed by atoms with Gasteiger partial charge in [-0.2, -0.15) is 0 Å². The van der Waals surface area contributed by atoms with Crippen LogP contribution in [-0.4, -0.2) is 41.1 Å². The molecule has 7 heteroatoms. The number of hydrogen-bond acceptors (Lipinski definition) is 5. The summed E-state index contributed by atoms with van der Waals surface area (Å²) in [7, 11) is 0. The lowest BCUT2D eigenvalue weighted by molar-refractivity contribution is -0.157. The number of benzene rings is 1. The zero-order valence-corrected chi connectivity index (χ0v) is 15.8. The van der Waals surface area contributed by atoms with Gasteiger partial charge in [-0.05, 0) is 61.3 Å². The number of carbonyl (C=O) groups is 4. The lowest BCUT2D eigenvalue weighted by Gasteiger charge is -2.37. The number of likely N-dealkylation sites (tertiary alicyclic amines) is 1. The molecule has 0 unspecified atom stereocenters. The van der Waals surface area contributed by atoms with E-state index in [0.29, 0.717) is 11.8 Å². The Kier molecular flexibility index (Phi) is 3.98. The Balaban J connectivity index is 1.26. The Hall–Kier alpha value is -2.83. The van der Waals surface area contributed by atoms with E-state index >= 15 is 0 Å². The average molecular weight is 397 g/mol. The first-order valence-electron chi connectivity index (χ1n) is 9.89. The summed E-state index contributed by atoms with van der Waals surface area (Å²) in [5.74, 6) is -1.99. The highest BCUT2D eigenvalue weighted by molar-refractivity contribution is 6.09. The normalized spacial score (nSPS) is 34.6. The molecule has 7 atom stereocenters. The first-order chi connectivity index (χ1) is 13.9. The number of Topliss-reactive ketones (excluding diaryl/α,β-unsaturated/α-hetero) is 1. The number of rotatable bonds is 5. The fourth-order valence-corrected chi connectivity index (χ4v) is 5.44. The van der Waals surface area contributed by atoms with Crippen LogP contribution >= 0.6 is 0 Å². The minimum Gasteiger partial charge on any atom is -0.456 e. The van der Waals surface area contributed by atoms with Crippen molar-refractivity contribution >= 4 is 23.6 Å². The highest BCUT2D eigenvalue weighted by atomic mass is 19.1. The zero-order chi connectivity index (χ0) is 20.4. The van der Waals surface area contributed by atoms with E-state index in [0.717, 1.165) is 23.5 Å². The van der Waals surface area contributed by atoms with Crippen LogP contribution in [0, 0.1) is 41.3 Å². The quantitative estimate of drug-likeness (QED) is 0.329. The van der Waals surface area contributed by atoms with Gasteiger partial charge in [0.15, 0.2) is 12.4 Å². The van der Waals surface area contributed by atoms with E-state index < -0.39 is 30.2 Å². The van der Waals surface area contributed by atoms with Gasteiger partial charge < -0.3 is 4.74 Å². The first kappa shape index (κ1) is 18.2. The number of amides is 2. The summed E-state index contributed by atoms with van der Waals surface area (Å²) in [5, 5.41) is 0. The van der Waals surface area contributed by atoms with E-state index in [1.165, 1.54) is 19.1 Å². The summed E-state index contributed by atoms with van der Waals surface area (Å²) in [4.78, 5) is 51.6. The molecule has 1 saturated heterocycles. The molecule has 6 nitrogen and oxygen atoms in total. The molecule has 1 aromatic carbocycles. The van der Waals surface area contributed by atoms with Crippen molar-refractivity contribution in [3.63, 3.8) is 0 Å². The van der Waals surface area contributed by atoms with Crippen LogP contribution in [0.15, 0.2) is 36.4 Å². The number of esters is 1. The van der Waals surface area contributed by atoms with Gasteiger partial charge in [-0.15, -0.1) is 0 Å². The fraction of sp³-hybridized carbons (Fsp3) is 0.455. The Morgan fingerprint density at radius 2 is 1.62 bits per heavy atom. The van der Waals surface area contributed by atoms with E-state index in [2.05, 4.69) is 12.2 Å². The molecule has 2 amide bonds. The first-order valence-corrected chi connectivity index (χ1v) is 9.89. The predicted octanol–water partition coefficient (Wildman–Crippen LogP) is 1.99. The molecular weight excluding hydrogens is 377 g/mol. The topological polar surface area (TPSA) is 80.8 Å². The molecule has 6 rings (SSSR count). The molecule has 1 heterocycles. The third kappa shape index (κ3) is 2.67. The predicted molar refractivity (Wildman–Crippen MR) is 97.7 cm³/mol. The Morgan fingerprint density at radius 1 is 1.07 bits per heavy atom. The van der Waals surface area contributed by atoms with Gasteiger partial charge in [0.2, 0.25) is 11.8 Å². The average Bonchev–Trinajstić information content (AvgIpc) is 3.49. The summed E-state index contributed by atoms with van der Waals surface area (Å²) in [6.07, 6.45) is 5.21. The third-order valence-corrected chi connectivity index (χ3v) is 6.94. The fourth-order valence-electron chi connectivity index (χ4n) is 5.44. The lowest BCUT2D eigenvalue weighted by Crippen LogP contribution is -2.45. The van der Waals surface area contributed by atoms with E-state index in [9.17, 15) is 23.6 Å². The second-order valence-electron chi connectivity index (χ2n) is 8.41. The molecule has 3 fully saturated rings. The van der Waals surface area contributed by atoms with Crippen LogP contribution in [0.4, 0.5) is 4.39 Å². The molecule has 29 heavy (non-hydrogen) atoms. The third-order valence-electron chi connectivity index (χ3n) is 6.94. The summed E-state index contributed by atoms with van der Waals surface area (Å²) in [5.41, 5.74) is 0.216. The van der Waals surface area contributed by atoms with Gasteiger partial charge in [-0.25, -0.2) is 9.18 Å². The van der Waals surface area contributed by atoms with Crippen molar-refractivity contribution in [2.24, 2.45) is 35.5 Å². The molecule has 5 aliphatic rings. The second kappa shape index (κ2) is 6.34. The van der Waals surface area contributed by atoms with Crippen LogP contribution in [0.1, 0.15) is 23.7 Å². The molecule has 4 aliphatic carbocycles. The minimum absolute atomic E-state index is 0.0831. The van der Waals surface area contributed by atoms with Crippen molar-refractivity contribution < 1.29 is 28.3 Å². The monoisotopic (exact) mass is 397 g/mol. The molecule has 0 spiro atoms. The van der Waals surface area contributed by atoms with Gasteiger partial charge in [0, 0.05) is 5.56 Å². The highest BCUT2D eigenvalue weighted by Crippen LogP contribution is 2.65. The Bertz CT molecular complexity index is 918. The minimum atomic E-state index is -1.09. The molecule has 0 radical (unpaired) electrons. The summed E-state index contributed by atoms with van der Waals surface area (Å²) in [6, 6.07) is 3.82. The summed E-state index contributed by atoms with van der Waals surface area (Å²) in [6.45, 7) is 0.919. The Labute approximate surface area is 166 Å². The molecule has 150 valence electrons. The molecule has 0 N–H and O–H groups in total. The number of nitrogens with zero attached hydrogens (tertiary/aromatic N) is 1. The van der Waals surface area contributed by atoms with Crippen LogP contribution in [0.5, 0.6) is 0 Å². The van der Waals surface area contributed by atoms with Crippen molar-refractivity contribution in [2.45, 2.75) is 19.4 Å². The van der Waals surface area contributed by atoms with Crippen LogP contribution < -0.4 is 0 Å². The van der Waals surface area contributed by atoms with Gasteiger partial charge in [0.05, 0.1) is 11.8 Å². The second-order valence-corrected chi connectivity index (χ2v) is 8.41. The lowest BCUT2D eigenvalue weighted by atomic mass is 9.63. The molecule has 0 aromatic heterocycles. The standard InChI is InChI=1S/C22H20FNO5/c1-10(22(28)29-9-17(25)11-2-4-12(23)5-3-11)24-20(26)18-13-6-7-14(16-8-15(13)16)19(18)21(24)27/h2-7,10,13-16,18-19H,8-9H2,1H3/t10-,13+,14+,15+,16+,18-,19-/m1/s1. The smallest absolute Gasteiger partial charge is 0.329 e. The van der Waals surface area contributed by atoms with E-state index in [-0.39, 0.29) is 41.0 Å². The van der Waals surface area contributed by atoms with E-state index in [1.54, 1.807) is 0 Å². The largest absolute Gasteiger partial charge is 0.456 e. The number of hydrogen-bond donors (Lipinski definition) is 0. The number of ketones is 1. The van der Waals surface area contributed by atoms with Crippen LogP contribution in [0.3, 0.4) is 0 Å². The number of halogens is 1. The molecule has 2 saturated carbocycles. The molecule has 1 aromatic rings. The van der Waals surface area contributed by atoms with Crippen molar-refractivity contribution in [2.75, 3.05) is 6.61 Å². The molecule has 2 bridgehead atoms. The maximum Gasteiger partial charge on any atom is 0.329 e. The van der Waals surface area contributed by atoms with E-state index in [4.69, 9.17) is 4.74 Å². The van der Waals surface area contributed by atoms with Crippen molar-refractivity contribution in [3.05, 3.63) is 47.8 Å². The molecule has 1 aliphatic heterocycles. The van der Waals surface area contributed by atoms with Crippen molar-refractivity contribution in [1.82, 2.24) is 4.90 Å². The summed E-state index contributed by atoms with van der Waals surface area (Å²) < 4.78 is 18.0. The van der Waals surface area contributed by atoms with Crippen LogP contribution in [-0.2, 0) is 19.1 Å². The van der Waals surface area contributed by atoms with Crippen LogP contribution in [0.2, 0.25) is 0 Å². The molecular formula is C22H20FNO5. The number of carbonyl (C=O) groups excluding carboxylic acids is 4. The SMILES string of the molecule is C[C@H](C(=O)OCC(=O)c1ccc(F)cc1)N1C(=O)[C@@H]2[C@H]3C=C[C@@H]([C@@H]4C[C@@H]34)[C@H]2C1=O. The van der Waals surface area contributed by atoms with Gasteiger partial charge >= 0.3 is 5.97 Å². The van der Waals surface area contributed by atoms with Crippen molar-refractivity contribution in [1.29, 1.82) is 0 Å². The number of allylic oxidation sites excluding steroid dienone is 2. The Morgan fingerprint density at radius 3 is 2.17 bits per heavy atom. The number of ether oxygens (including phenoxy) is 1. The maximum atomic E-state index is 13.0. The zero-order valence-electron chi connectivity index (χ0n) is 15.8.